The lowest BCUT2D eigenvalue weighted by Crippen LogP contribution is -2.34. The standard InChI is InChI=1S/C18H23BrF3N5O/c1-9-13(10(2)26(5)23-9)8-25(4)17(28)11(3)27-15(12-6-7-12)14(19)16(24-27)18(20,21)22/h11-12H,6-8H2,1-5H3/t11-/m0/s1. The predicted molar refractivity (Wildman–Crippen MR) is 101 cm³/mol. The molecule has 1 fully saturated rings. The van der Waals surface area contributed by atoms with Gasteiger partial charge in [-0.2, -0.15) is 23.4 Å². The second kappa shape index (κ2) is 7.20. The van der Waals surface area contributed by atoms with E-state index in [-0.39, 0.29) is 16.3 Å². The molecule has 28 heavy (non-hydrogen) atoms. The summed E-state index contributed by atoms with van der Waals surface area (Å²) in [7, 11) is 3.48. The minimum Gasteiger partial charge on any atom is -0.339 e. The van der Waals surface area contributed by atoms with Crippen LogP contribution in [0.1, 0.15) is 60.1 Å². The maximum Gasteiger partial charge on any atom is 0.436 e. The molecule has 1 atom stereocenters. The van der Waals surface area contributed by atoms with E-state index >= 15 is 0 Å². The summed E-state index contributed by atoms with van der Waals surface area (Å²) in [5, 5.41) is 8.12. The Hall–Kier alpha value is -1.84. The van der Waals surface area contributed by atoms with Crippen LogP contribution in [0.3, 0.4) is 0 Å². The van der Waals surface area contributed by atoms with Crippen molar-refractivity contribution in [2.75, 3.05) is 7.05 Å². The molecule has 2 aromatic heterocycles. The van der Waals surface area contributed by atoms with E-state index < -0.39 is 17.9 Å². The van der Waals surface area contributed by atoms with E-state index in [1.165, 1.54) is 9.58 Å². The van der Waals surface area contributed by atoms with E-state index in [0.717, 1.165) is 29.8 Å². The number of alkyl halides is 3. The first-order valence-corrected chi connectivity index (χ1v) is 9.81. The number of amides is 1. The van der Waals surface area contributed by atoms with Crippen LogP contribution in [0, 0.1) is 13.8 Å². The van der Waals surface area contributed by atoms with Crippen LogP contribution in [0.25, 0.3) is 0 Å². The Balaban J connectivity index is 1.89. The molecule has 3 rings (SSSR count). The number of nitrogens with zero attached hydrogens (tertiary/aromatic N) is 5. The van der Waals surface area contributed by atoms with Crippen LogP contribution < -0.4 is 0 Å². The summed E-state index contributed by atoms with van der Waals surface area (Å²) in [6.07, 6.45) is -2.98. The van der Waals surface area contributed by atoms with Gasteiger partial charge in [0.1, 0.15) is 6.04 Å². The smallest absolute Gasteiger partial charge is 0.339 e. The van der Waals surface area contributed by atoms with Crippen LogP contribution in [0.2, 0.25) is 0 Å². The Morgan fingerprint density at radius 3 is 2.39 bits per heavy atom. The molecule has 1 aliphatic carbocycles. The number of rotatable bonds is 5. The number of aromatic nitrogens is 4. The monoisotopic (exact) mass is 461 g/mol. The minimum absolute atomic E-state index is 0.00124. The van der Waals surface area contributed by atoms with E-state index in [0.29, 0.717) is 12.2 Å². The lowest BCUT2D eigenvalue weighted by molar-refractivity contribution is -0.143. The predicted octanol–water partition coefficient (Wildman–Crippen LogP) is 4.11. The Bertz CT molecular complexity index is 913. The SMILES string of the molecule is Cc1nn(C)c(C)c1CN(C)C(=O)[C@H](C)n1nc(C(F)(F)F)c(Br)c1C1CC1. The number of hydrogen-bond donors (Lipinski definition) is 0. The molecule has 0 aromatic carbocycles. The fraction of sp³-hybridized carbons (Fsp3) is 0.611. The average molecular weight is 462 g/mol. The lowest BCUT2D eigenvalue weighted by atomic mass is 10.1. The van der Waals surface area contributed by atoms with Crippen molar-refractivity contribution in [1.29, 1.82) is 0 Å². The molecular weight excluding hydrogens is 439 g/mol. The summed E-state index contributed by atoms with van der Waals surface area (Å²) >= 11 is 3.07. The van der Waals surface area contributed by atoms with Crippen molar-refractivity contribution in [2.24, 2.45) is 7.05 Å². The molecule has 2 heterocycles. The van der Waals surface area contributed by atoms with Crippen LogP contribution in [0.15, 0.2) is 4.47 Å². The van der Waals surface area contributed by atoms with Gasteiger partial charge in [-0.1, -0.05) is 0 Å². The third-order valence-corrected chi connectivity index (χ3v) is 6.06. The zero-order valence-electron chi connectivity index (χ0n) is 16.4. The molecule has 6 nitrogen and oxygen atoms in total. The third-order valence-electron chi connectivity index (χ3n) is 5.27. The van der Waals surface area contributed by atoms with Crippen molar-refractivity contribution in [3.05, 3.63) is 32.8 Å². The largest absolute Gasteiger partial charge is 0.436 e. The maximum atomic E-state index is 13.3. The summed E-state index contributed by atoms with van der Waals surface area (Å²) in [4.78, 5) is 14.5. The minimum atomic E-state index is -4.58. The quantitative estimate of drug-likeness (QED) is 0.672. The van der Waals surface area contributed by atoms with Gasteiger partial charge >= 0.3 is 6.18 Å². The molecule has 0 N–H and O–H groups in total. The molecule has 0 radical (unpaired) electrons. The van der Waals surface area contributed by atoms with Crippen molar-refractivity contribution in [2.45, 2.75) is 58.3 Å². The zero-order chi connectivity index (χ0) is 21.0. The highest BCUT2D eigenvalue weighted by Crippen LogP contribution is 2.47. The van der Waals surface area contributed by atoms with E-state index in [2.05, 4.69) is 26.1 Å². The topological polar surface area (TPSA) is 56.0 Å². The number of hydrogen-bond acceptors (Lipinski definition) is 3. The maximum absolute atomic E-state index is 13.3. The Kier molecular flexibility index (Phi) is 5.37. The molecular formula is C18H23BrF3N5O. The van der Waals surface area contributed by atoms with E-state index in [4.69, 9.17) is 0 Å². The molecule has 10 heteroatoms. The van der Waals surface area contributed by atoms with Crippen LogP contribution in [-0.2, 0) is 24.6 Å². The first-order chi connectivity index (χ1) is 12.9. The van der Waals surface area contributed by atoms with Crippen molar-refractivity contribution >= 4 is 21.8 Å². The summed E-state index contributed by atoms with van der Waals surface area (Å²) < 4.78 is 42.9. The normalized spacial score (nSPS) is 15.8. The van der Waals surface area contributed by atoms with Gasteiger partial charge in [0.15, 0.2) is 5.69 Å². The van der Waals surface area contributed by atoms with Gasteiger partial charge in [-0.05, 0) is 49.5 Å². The van der Waals surface area contributed by atoms with Gasteiger partial charge in [0.25, 0.3) is 0 Å². The van der Waals surface area contributed by atoms with Gasteiger partial charge < -0.3 is 4.90 Å². The van der Waals surface area contributed by atoms with Crippen molar-refractivity contribution in [3.63, 3.8) is 0 Å². The van der Waals surface area contributed by atoms with Crippen molar-refractivity contribution in [1.82, 2.24) is 24.5 Å². The molecule has 0 saturated heterocycles. The van der Waals surface area contributed by atoms with Crippen LogP contribution in [0.5, 0.6) is 0 Å². The summed E-state index contributed by atoms with van der Waals surface area (Å²) in [5.74, 6) is -0.297. The Morgan fingerprint density at radius 1 is 1.32 bits per heavy atom. The second-order valence-corrected chi connectivity index (χ2v) is 8.20. The second-order valence-electron chi connectivity index (χ2n) is 7.41. The molecule has 0 spiro atoms. The average Bonchev–Trinajstić information content (AvgIpc) is 3.33. The zero-order valence-corrected chi connectivity index (χ0v) is 18.0. The molecule has 1 saturated carbocycles. The highest BCUT2D eigenvalue weighted by molar-refractivity contribution is 9.10. The van der Waals surface area contributed by atoms with Gasteiger partial charge in [0.2, 0.25) is 5.91 Å². The van der Waals surface area contributed by atoms with Crippen molar-refractivity contribution < 1.29 is 18.0 Å². The summed E-state index contributed by atoms with van der Waals surface area (Å²) in [6.45, 7) is 5.72. The first-order valence-electron chi connectivity index (χ1n) is 9.02. The van der Waals surface area contributed by atoms with Gasteiger partial charge in [-0.25, -0.2) is 0 Å². The van der Waals surface area contributed by atoms with Crippen LogP contribution >= 0.6 is 15.9 Å². The molecule has 154 valence electrons. The molecule has 1 aliphatic rings. The van der Waals surface area contributed by atoms with Crippen molar-refractivity contribution in [3.8, 4) is 0 Å². The van der Waals surface area contributed by atoms with Crippen LogP contribution in [0.4, 0.5) is 13.2 Å². The fourth-order valence-electron chi connectivity index (χ4n) is 3.41. The molecule has 1 amide bonds. The van der Waals surface area contributed by atoms with Gasteiger partial charge in [-0.15, -0.1) is 0 Å². The van der Waals surface area contributed by atoms with Crippen LogP contribution in [-0.4, -0.2) is 37.4 Å². The van der Waals surface area contributed by atoms with Gasteiger partial charge in [0.05, 0.1) is 15.9 Å². The fourth-order valence-corrected chi connectivity index (χ4v) is 4.22. The number of likely N-dealkylation sites (N-methyl/N-ethyl adjacent to an activating group) is 1. The number of aryl methyl sites for hydroxylation is 2. The first kappa shape index (κ1) is 20.9. The number of carbonyl (C=O) groups excluding carboxylic acids is 1. The van der Waals surface area contributed by atoms with Gasteiger partial charge in [0, 0.05) is 37.8 Å². The molecule has 0 aliphatic heterocycles. The lowest BCUT2D eigenvalue weighted by Gasteiger charge is -2.23. The molecule has 0 unspecified atom stereocenters. The number of halogens is 4. The Morgan fingerprint density at radius 2 is 1.93 bits per heavy atom. The highest BCUT2D eigenvalue weighted by Gasteiger charge is 2.43. The van der Waals surface area contributed by atoms with Gasteiger partial charge in [-0.3, -0.25) is 14.2 Å². The highest BCUT2D eigenvalue weighted by atomic mass is 79.9. The number of carbonyl (C=O) groups is 1. The van der Waals surface area contributed by atoms with E-state index in [9.17, 15) is 18.0 Å². The summed E-state index contributed by atoms with van der Waals surface area (Å²) in [6, 6.07) is -0.842. The Labute approximate surface area is 169 Å². The van der Waals surface area contributed by atoms with E-state index in [1.54, 1.807) is 18.7 Å². The molecule has 0 bridgehead atoms. The summed E-state index contributed by atoms with van der Waals surface area (Å²) in [5.41, 5.74) is 2.19. The van der Waals surface area contributed by atoms with E-state index in [1.807, 2.05) is 20.9 Å². The third kappa shape index (κ3) is 3.70. The molecule has 2 aromatic rings.